The van der Waals surface area contributed by atoms with Crippen LogP contribution in [0.3, 0.4) is 0 Å². The summed E-state index contributed by atoms with van der Waals surface area (Å²) in [6, 6.07) is 9.60. The Morgan fingerprint density at radius 3 is 2.72 bits per heavy atom. The summed E-state index contributed by atoms with van der Waals surface area (Å²) in [6.45, 7) is 3.10. The minimum Gasteiger partial charge on any atom is -0.488 e. The maximum absolute atomic E-state index is 11.2. The number of quaternary nitrogens is 1. The van der Waals surface area contributed by atoms with Crippen molar-refractivity contribution in [1.29, 1.82) is 0 Å². The predicted molar refractivity (Wildman–Crippen MR) is 108 cm³/mol. The van der Waals surface area contributed by atoms with Crippen molar-refractivity contribution in [2.24, 2.45) is 0 Å². The van der Waals surface area contributed by atoms with Crippen LogP contribution in [0.2, 0.25) is 10.0 Å². The number of halogens is 2. The summed E-state index contributed by atoms with van der Waals surface area (Å²) in [6.07, 6.45) is 1.85. The van der Waals surface area contributed by atoms with Crippen LogP contribution in [0.25, 0.3) is 0 Å². The van der Waals surface area contributed by atoms with Gasteiger partial charge in [0.1, 0.15) is 31.2 Å². The van der Waals surface area contributed by atoms with E-state index in [-0.39, 0.29) is 23.3 Å². The van der Waals surface area contributed by atoms with E-state index in [2.05, 4.69) is 0 Å². The van der Waals surface area contributed by atoms with E-state index < -0.39 is 0 Å². The van der Waals surface area contributed by atoms with Gasteiger partial charge in [0.2, 0.25) is 0 Å². The third-order valence-corrected chi connectivity index (χ3v) is 5.52. The summed E-state index contributed by atoms with van der Waals surface area (Å²) in [4.78, 5) is 12.1. The number of non-ortho nitro benzene ring substituents is 1. The van der Waals surface area contributed by atoms with E-state index >= 15 is 0 Å². The van der Waals surface area contributed by atoms with E-state index in [1.807, 2.05) is 6.08 Å². The molecule has 0 unspecified atom stereocenters. The van der Waals surface area contributed by atoms with Crippen molar-refractivity contribution >= 4 is 28.9 Å². The molecular formula is C20H19Cl2N2O5+. The summed E-state index contributed by atoms with van der Waals surface area (Å²) >= 11 is 12.1. The molecule has 1 fully saturated rings. The second-order valence-electron chi connectivity index (χ2n) is 6.78. The molecule has 1 atom stereocenters. The molecule has 2 aliphatic heterocycles. The van der Waals surface area contributed by atoms with E-state index in [1.54, 1.807) is 30.3 Å². The molecule has 0 amide bonds. The van der Waals surface area contributed by atoms with Crippen molar-refractivity contribution in [3.8, 4) is 11.5 Å². The second kappa shape index (κ2) is 8.59. The number of fused-ring (bicyclic) bond motifs is 1. The highest BCUT2D eigenvalue weighted by Crippen LogP contribution is 2.39. The Bertz CT molecular complexity index is 960. The van der Waals surface area contributed by atoms with E-state index in [1.165, 1.54) is 11.0 Å². The summed E-state index contributed by atoms with van der Waals surface area (Å²) in [5.41, 5.74) is 0.863. The molecule has 0 saturated carbocycles. The monoisotopic (exact) mass is 437 g/mol. The summed E-state index contributed by atoms with van der Waals surface area (Å²) < 4.78 is 17.3. The van der Waals surface area contributed by atoms with Crippen LogP contribution in [0.15, 0.2) is 48.2 Å². The molecule has 29 heavy (non-hydrogen) atoms. The van der Waals surface area contributed by atoms with Gasteiger partial charge in [-0.1, -0.05) is 23.2 Å². The van der Waals surface area contributed by atoms with Gasteiger partial charge in [-0.25, -0.2) is 0 Å². The predicted octanol–water partition coefficient (Wildman–Crippen LogP) is 3.21. The minimum absolute atomic E-state index is 0.0513. The van der Waals surface area contributed by atoms with Gasteiger partial charge >= 0.3 is 0 Å². The SMILES string of the molecule is O=[N+]([O-])c1ccc2c(c1)[C@@H]([NH+]1CCOCC1)/C(=C/COc1ccc(Cl)cc1Cl)O2. The first-order valence-electron chi connectivity index (χ1n) is 9.19. The van der Waals surface area contributed by atoms with Crippen LogP contribution in [0, 0.1) is 10.1 Å². The van der Waals surface area contributed by atoms with Crippen molar-refractivity contribution in [1.82, 2.24) is 0 Å². The van der Waals surface area contributed by atoms with Crippen LogP contribution in [0.5, 0.6) is 11.5 Å². The average Bonchev–Trinajstić information content (AvgIpc) is 3.07. The number of rotatable bonds is 5. The number of nitrogens with zero attached hydrogens (tertiary/aromatic N) is 1. The van der Waals surface area contributed by atoms with Crippen molar-refractivity contribution in [2.45, 2.75) is 6.04 Å². The van der Waals surface area contributed by atoms with Gasteiger partial charge in [-0.3, -0.25) is 10.1 Å². The number of hydrogen-bond acceptors (Lipinski definition) is 5. The molecule has 1 N–H and O–H groups in total. The van der Waals surface area contributed by atoms with Gasteiger partial charge < -0.3 is 19.1 Å². The zero-order valence-corrected chi connectivity index (χ0v) is 16.9. The zero-order chi connectivity index (χ0) is 20.4. The molecular weight excluding hydrogens is 419 g/mol. The summed E-state index contributed by atoms with van der Waals surface area (Å²) in [7, 11) is 0. The zero-order valence-electron chi connectivity index (χ0n) is 15.4. The number of nitro benzene ring substituents is 1. The van der Waals surface area contributed by atoms with Gasteiger partial charge in [-0.15, -0.1) is 0 Å². The summed E-state index contributed by atoms with van der Waals surface area (Å²) in [5, 5.41) is 12.2. The third kappa shape index (κ3) is 4.33. The van der Waals surface area contributed by atoms with Gasteiger partial charge in [0.15, 0.2) is 11.8 Å². The molecule has 1 saturated heterocycles. The molecule has 4 rings (SSSR count). The number of nitro groups is 1. The number of benzene rings is 2. The van der Waals surface area contributed by atoms with Crippen LogP contribution in [0.1, 0.15) is 11.6 Å². The number of ether oxygens (including phenoxy) is 3. The minimum atomic E-state index is -0.390. The largest absolute Gasteiger partial charge is 0.488 e. The molecule has 2 aromatic carbocycles. The Morgan fingerprint density at radius 2 is 2.00 bits per heavy atom. The van der Waals surface area contributed by atoms with E-state index in [0.717, 1.165) is 18.7 Å². The lowest BCUT2D eigenvalue weighted by Crippen LogP contribution is -3.14. The molecule has 9 heteroatoms. The first kappa shape index (κ1) is 20.0. The summed E-state index contributed by atoms with van der Waals surface area (Å²) in [5.74, 6) is 1.87. The van der Waals surface area contributed by atoms with Gasteiger partial charge in [-0.05, 0) is 30.3 Å². The molecule has 0 radical (unpaired) electrons. The highest BCUT2D eigenvalue weighted by atomic mass is 35.5. The Labute approximate surface area is 177 Å². The number of hydrogen-bond donors (Lipinski definition) is 1. The Kier molecular flexibility index (Phi) is 5.91. The molecule has 0 aromatic heterocycles. The molecule has 0 spiro atoms. The van der Waals surface area contributed by atoms with Crippen LogP contribution in [-0.4, -0.2) is 37.8 Å². The smallest absolute Gasteiger partial charge is 0.270 e. The maximum atomic E-state index is 11.2. The van der Waals surface area contributed by atoms with Crippen LogP contribution >= 0.6 is 23.2 Å². The highest BCUT2D eigenvalue weighted by molar-refractivity contribution is 6.35. The topological polar surface area (TPSA) is 75.3 Å². The fourth-order valence-corrected chi connectivity index (χ4v) is 4.08. The van der Waals surface area contributed by atoms with Crippen LogP contribution < -0.4 is 14.4 Å². The normalized spacial score (nSPS) is 20.3. The molecule has 7 nitrogen and oxygen atoms in total. The van der Waals surface area contributed by atoms with Gasteiger partial charge in [-0.2, -0.15) is 0 Å². The Balaban J connectivity index is 1.59. The Hall–Kier alpha value is -2.32. The second-order valence-corrected chi connectivity index (χ2v) is 7.62. The van der Waals surface area contributed by atoms with E-state index in [4.69, 9.17) is 37.4 Å². The lowest BCUT2D eigenvalue weighted by Gasteiger charge is -2.29. The van der Waals surface area contributed by atoms with Crippen molar-refractivity contribution < 1.29 is 24.0 Å². The maximum Gasteiger partial charge on any atom is 0.270 e. The quantitative estimate of drug-likeness (QED) is 0.573. The van der Waals surface area contributed by atoms with Gasteiger partial charge in [0.05, 0.1) is 28.7 Å². The van der Waals surface area contributed by atoms with Gasteiger partial charge in [0, 0.05) is 17.2 Å². The van der Waals surface area contributed by atoms with Crippen molar-refractivity contribution in [3.63, 3.8) is 0 Å². The molecule has 152 valence electrons. The highest BCUT2D eigenvalue weighted by Gasteiger charge is 2.39. The first-order valence-corrected chi connectivity index (χ1v) is 9.95. The molecule has 2 heterocycles. The molecule has 2 aromatic rings. The van der Waals surface area contributed by atoms with Crippen LogP contribution in [0.4, 0.5) is 5.69 Å². The average molecular weight is 438 g/mol. The molecule has 0 aliphatic carbocycles. The first-order chi connectivity index (χ1) is 14.0. The van der Waals surface area contributed by atoms with E-state index in [0.29, 0.717) is 40.5 Å². The number of nitrogens with one attached hydrogen (secondary N) is 1. The molecule has 0 bridgehead atoms. The lowest BCUT2D eigenvalue weighted by atomic mass is 10.0. The Morgan fingerprint density at radius 1 is 1.21 bits per heavy atom. The van der Waals surface area contributed by atoms with Crippen molar-refractivity contribution in [3.05, 3.63) is 74.0 Å². The van der Waals surface area contributed by atoms with Crippen LogP contribution in [-0.2, 0) is 4.74 Å². The number of morpholine rings is 1. The third-order valence-electron chi connectivity index (χ3n) is 4.99. The standard InChI is InChI=1S/C20H18Cl2N2O5/c21-13-1-3-18(16(22)11-13)28-8-5-19-20(23-6-9-27-10-7-23)15-12-14(24(25)26)2-4-17(15)29-19/h1-5,11-12,20H,6-10H2/p+1/b19-5-/t20-/m1/s1. The van der Waals surface area contributed by atoms with Crippen molar-refractivity contribution in [2.75, 3.05) is 32.9 Å². The van der Waals surface area contributed by atoms with Gasteiger partial charge in [0.25, 0.3) is 5.69 Å². The van der Waals surface area contributed by atoms with E-state index in [9.17, 15) is 10.1 Å². The lowest BCUT2D eigenvalue weighted by molar-refractivity contribution is -0.933. The fourth-order valence-electron chi connectivity index (χ4n) is 3.62. The molecule has 2 aliphatic rings. The fraction of sp³-hybridized carbons (Fsp3) is 0.300.